The maximum atomic E-state index is 11.3. The van der Waals surface area contributed by atoms with Gasteiger partial charge in [-0.05, 0) is 30.3 Å². The van der Waals surface area contributed by atoms with Gasteiger partial charge in [-0.25, -0.2) is 4.68 Å². The molecule has 2 aromatic carbocycles. The van der Waals surface area contributed by atoms with Crippen LogP contribution in [0.3, 0.4) is 0 Å². The number of nitrogens with one attached hydrogen (secondary N) is 1. The van der Waals surface area contributed by atoms with Crippen LogP contribution in [0, 0.1) is 10.1 Å². The zero-order valence-electron chi connectivity index (χ0n) is 14.9. The van der Waals surface area contributed by atoms with Crippen LogP contribution in [0.15, 0.2) is 85.3 Å². The van der Waals surface area contributed by atoms with Gasteiger partial charge in [0.1, 0.15) is 5.69 Å². The number of hydrogen-bond acceptors (Lipinski definition) is 5. The van der Waals surface area contributed by atoms with Gasteiger partial charge >= 0.3 is 0 Å². The molecule has 138 valence electrons. The Morgan fingerprint density at radius 3 is 2.43 bits per heavy atom. The van der Waals surface area contributed by atoms with Crippen LogP contribution in [-0.4, -0.2) is 19.7 Å². The molecule has 7 heteroatoms. The number of nitrogens with zero attached hydrogens (tertiary/aromatic N) is 4. The molecule has 4 rings (SSSR count). The summed E-state index contributed by atoms with van der Waals surface area (Å²) in [6.07, 6.45) is 5.37. The largest absolute Gasteiger partial charge is 0.375 e. The van der Waals surface area contributed by atoms with Gasteiger partial charge in [0.15, 0.2) is 0 Å². The molecule has 4 aromatic rings. The molecule has 0 unspecified atom stereocenters. The van der Waals surface area contributed by atoms with E-state index in [4.69, 9.17) is 5.10 Å². The smallest absolute Gasteiger partial charge is 0.292 e. The van der Waals surface area contributed by atoms with Crippen molar-refractivity contribution in [3.05, 3.63) is 101 Å². The van der Waals surface area contributed by atoms with Crippen LogP contribution >= 0.6 is 0 Å². The lowest BCUT2D eigenvalue weighted by Crippen LogP contribution is -2.03. The van der Waals surface area contributed by atoms with Crippen molar-refractivity contribution in [3.63, 3.8) is 0 Å². The molecule has 0 atom stereocenters. The Labute approximate surface area is 161 Å². The van der Waals surface area contributed by atoms with E-state index in [0.29, 0.717) is 12.2 Å². The number of rotatable bonds is 6. The quantitative estimate of drug-likeness (QED) is 0.400. The number of hydrogen-bond donors (Lipinski definition) is 1. The SMILES string of the molecule is O=[N+]([O-])c1ccccc1NCc1cn(-c2ccccc2)nc1-c1ccncc1. The number of anilines is 1. The molecule has 0 amide bonds. The fourth-order valence-corrected chi connectivity index (χ4v) is 2.98. The highest BCUT2D eigenvalue weighted by Gasteiger charge is 2.15. The normalized spacial score (nSPS) is 10.6. The first-order valence-electron chi connectivity index (χ1n) is 8.74. The van der Waals surface area contributed by atoms with Crippen molar-refractivity contribution in [2.24, 2.45) is 0 Å². The second-order valence-corrected chi connectivity index (χ2v) is 6.15. The Morgan fingerprint density at radius 2 is 1.68 bits per heavy atom. The molecule has 0 radical (unpaired) electrons. The molecule has 2 aromatic heterocycles. The second kappa shape index (κ2) is 7.71. The van der Waals surface area contributed by atoms with E-state index in [1.54, 1.807) is 30.6 Å². The van der Waals surface area contributed by atoms with Gasteiger partial charge in [-0.3, -0.25) is 15.1 Å². The summed E-state index contributed by atoms with van der Waals surface area (Å²) in [7, 11) is 0. The van der Waals surface area contributed by atoms with Gasteiger partial charge in [0, 0.05) is 42.3 Å². The monoisotopic (exact) mass is 371 g/mol. The first-order valence-corrected chi connectivity index (χ1v) is 8.74. The highest BCUT2D eigenvalue weighted by Crippen LogP contribution is 2.27. The highest BCUT2D eigenvalue weighted by atomic mass is 16.6. The van der Waals surface area contributed by atoms with Gasteiger partial charge in [-0.15, -0.1) is 0 Å². The zero-order chi connectivity index (χ0) is 19.3. The number of benzene rings is 2. The number of nitro benzene ring substituents is 1. The molecule has 0 saturated heterocycles. The van der Waals surface area contributed by atoms with Gasteiger partial charge in [0.05, 0.1) is 16.3 Å². The lowest BCUT2D eigenvalue weighted by molar-refractivity contribution is -0.384. The zero-order valence-corrected chi connectivity index (χ0v) is 14.9. The predicted molar refractivity (Wildman–Crippen MR) is 107 cm³/mol. The molecule has 2 heterocycles. The minimum absolute atomic E-state index is 0.0448. The van der Waals surface area contributed by atoms with E-state index in [9.17, 15) is 10.1 Å². The molecule has 0 bridgehead atoms. The summed E-state index contributed by atoms with van der Waals surface area (Å²) in [5.74, 6) is 0. The Balaban J connectivity index is 1.70. The van der Waals surface area contributed by atoms with Gasteiger partial charge in [0.25, 0.3) is 5.69 Å². The molecule has 0 saturated carbocycles. The molecule has 0 aliphatic heterocycles. The summed E-state index contributed by atoms with van der Waals surface area (Å²) in [6, 6.07) is 20.2. The number of para-hydroxylation sites is 3. The van der Waals surface area contributed by atoms with Crippen LogP contribution in [0.2, 0.25) is 0 Å². The number of pyridine rings is 1. The van der Waals surface area contributed by atoms with Crippen molar-refractivity contribution in [2.45, 2.75) is 6.54 Å². The van der Waals surface area contributed by atoms with Gasteiger partial charge in [-0.1, -0.05) is 30.3 Å². The van der Waals surface area contributed by atoms with Crippen molar-refractivity contribution in [1.29, 1.82) is 0 Å². The van der Waals surface area contributed by atoms with E-state index < -0.39 is 0 Å². The maximum Gasteiger partial charge on any atom is 0.292 e. The highest BCUT2D eigenvalue weighted by molar-refractivity contribution is 5.65. The Bertz CT molecular complexity index is 1090. The fourth-order valence-electron chi connectivity index (χ4n) is 2.98. The van der Waals surface area contributed by atoms with Gasteiger partial charge < -0.3 is 5.32 Å². The first-order chi connectivity index (χ1) is 13.7. The Hall–Kier alpha value is -4.00. The fraction of sp³-hybridized carbons (Fsp3) is 0.0476. The van der Waals surface area contributed by atoms with E-state index >= 15 is 0 Å². The molecule has 7 nitrogen and oxygen atoms in total. The van der Waals surface area contributed by atoms with Crippen molar-refractivity contribution < 1.29 is 4.92 Å². The standard InChI is InChI=1S/C21H17N5O2/c27-26(28)20-9-5-4-8-19(20)23-14-17-15-25(18-6-2-1-3-7-18)24-21(17)16-10-12-22-13-11-16/h1-13,15,23H,14H2. The van der Waals surface area contributed by atoms with Crippen molar-refractivity contribution >= 4 is 11.4 Å². The van der Waals surface area contributed by atoms with Crippen LogP contribution in [0.4, 0.5) is 11.4 Å². The van der Waals surface area contributed by atoms with Crippen molar-refractivity contribution in [3.8, 4) is 16.9 Å². The Morgan fingerprint density at radius 1 is 0.964 bits per heavy atom. The topological polar surface area (TPSA) is 85.9 Å². The molecule has 1 N–H and O–H groups in total. The summed E-state index contributed by atoms with van der Waals surface area (Å²) in [5, 5.41) is 19.2. The van der Waals surface area contributed by atoms with Gasteiger partial charge in [-0.2, -0.15) is 5.10 Å². The van der Waals surface area contributed by atoms with Crippen LogP contribution in [0.25, 0.3) is 16.9 Å². The molecule has 28 heavy (non-hydrogen) atoms. The van der Waals surface area contributed by atoms with Crippen molar-refractivity contribution in [2.75, 3.05) is 5.32 Å². The van der Waals surface area contributed by atoms with E-state index in [-0.39, 0.29) is 10.6 Å². The maximum absolute atomic E-state index is 11.3. The lowest BCUT2D eigenvalue weighted by Gasteiger charge is -2.07. The van der Waals surface area contributed by atoms with E-state index in [1.165, 1.54) is 6.07 Å². The summed E-state index contributed by atoms with van der Waals surface area (Å²) < 4.78 is 1.81. The summed E-state index contributed by atoms with van der Waals surface area (Å²) >= 11 is 0. The third-order valence-electron chi connectivity index (χ3n) is 4.33. The van der Waals surface area contributed by atoms with Gasteiger partial charge in [0.2, 0.25) is 0 Å². The molecular weight excluding hydrogens is 354 g/mol. The minimum atomic E-state index is -0.389. The summed E-state index contributed by atoms with van der Waals surface area (Å²) in [4.78, 5) is 14.9. The van der Waals surface area contributed by atoms with Crippen molar-refractivity contribution in [1.82, 2.24) is 14.8 Å². The van der Waals surface area contributed by atoms with Crippen LogP contribution in [0.5, 0.6) is 0 Å². The first kappa shape index (κ1) is 17.4. The Kier molecular flexibility index (Phi) is 4.79. The molecule has 0 aliphatic rings. The third kappa shape index (κ3) is 3.59. The molecule has 0 spiro atoms. The minimum Gasteiger partial charge on any atom is -0.375 e. The molecule has 0 fully saturated rings. The van der Waals surface area contributed by atoms with Crippen LogP contribution < -0.4 is 5.32 Å². The van der Waals surface area contributed by atoms with E-state index in [2.05, 4.69) is 10.3 Å². The average Bonchev–Trinajstić information content (AvgIpc) is 3.18. The second-order valence-electron chi connectivity index (χ2n) is 6.15. The average molecular weight is 371 g/mol. The van der Waals surface area contributed by atoms with E-state index in [1.807, 2.05) is 53.3 Å². The predicted octanol–water partition coefficient (Wildman–Crippen LogP) is 4.45. The lowest BCUT2D eigenvalue weighted by atomic mass is 10.1. The molecular formula is C21H17N5O2. The summed E-state index contributed by atoms with van der Waals surface area (Å²) in [6.45, 7) is 0.398. The summed E-state index contributed by atoms with van der Waals surface area (Å²) in [5.41, 5.74) is 4.12. The van der Waals surface area contributed by atoms with Crippen LogP contribution in [-0.2, 0) is 6.54 Å². The molecule has 0 aliphatic carbocycles. The third-order valence-corrected chi connectivity index (χ3v) is 4.33. The number of aromatic nitrogens is 3. The van der Waals surface area contributed by atoms with E-state index in [0.717, 1.165) is 22.5 Å². The van der Waals surface area contributed by atoms with Crippen LogP contribution in [0.1, 0.15) is 5.56 Å². The number of nitro groups is 1.